The van der Waals surface area contributed by atoms with E-state index >= 15 is 0 Å². The molecule has 4 rings (SSSR count). The Hall–Kier alpha value is -4.00. The van der Waals surface area contributed by atoms with Gasteiger partial charge in [0.25, 0.3) is 0 Å². The molecule has 0 atom stereocenters. The number of ether oxygens (including phenoxy) is 2. The second kappa shape index (κ2) is 7.93. The van der Waals surface area contributed by atoms with Crippen LogP contribution in [0.15, 0.2) is 73.1 Å². The second-order valence-corrected chi connectivity index (χ2v) is 6.26. The molecule has 2 aromatic heterocycles. The van der Waals surface area contributed by atoms with Crippen LogP contribution in [0.3, 0.4) is 0 Å². The summed E-state index contributed by atoms with van der Waals surface area (Å²) in [5, 5.41) is 5.70. The summed E-state index contributed by atoms with van der Waals surface area (Å²) in [7, 11) is 3.08. The molecule has 0 fully saturated rings. The number of carbonyl (C=O) groups excluding carboxylic acids is 1. The monoisotopic (exact) mass is 388 g/mol. The third-order valence-corrected chi connectivity index (χ3v) is 4.47. The Morgan fingerprint density at radius 2 is 1.66 bits per heavy atom. The topological polar surface area (TPSA) is 76.9 Å². The van der Waals surface area contributed by atoms with Gasteiger partial charge in [0.15, 0.2) is 11.5 Å². The molecule has 0 spiro atoms. The Balaban J connectivity index is 1.60. The van der Waals surface area contributed by atoms with Gasteiger partial charge in [-0.2, -0.15) is 0 Å². The fourth-order valence-electron chi connectivity index (χ4n) is 3.14. The molecule has 29 heavy (non-hydrogen) atoms. The van der Waals surface area contributed by atoms with Gasteiger partial charge in [0.1, 0.15) is 5.65 Å². The third kappa shape index (κ3) is 3.70. The Kier molecular flexibility index (Phi) is 5.03. The highest BCUT2D eigenvalue weighted by molar-refractivity contribution is 6.03. The molecule has 0 unspecified atom stereocenters. The molecule has 146 valence electrons. The maximum absolute atomic E-state index is 12.7. The predicted octanol–water partition coefficient (Wildman–Crippen LogP) is 4.66. The number of methoxy groups -OCH3 is 2. The highest BCUT2D eigenvalue weighted by Crippen LogP contribution is 2.35. The Bertz CT molecular complexity index is 1140. The lowest BCUT2D eigenvalue weighted by Gasteiger charge is -2.14. The molecule has 2 N–H and O–H groups in total. The first-order chi connectivity index (χ1) is 14.2. The van der Waals surface area contributed by atoms with Crippen molar-refractivity contribution in [3.8, 4) is 22.8 Å². The zero-order chi connectivity index (χ0) is 20.2. The largest absolute Gasteiger partial charge is 0.493 e. The molecule has 0 bridgehead atoms. The number of fused-ring (bicyclic) bond motifs is 1. The summed E-state index contributed by atoms with van der Waals surface area (Å²) in [5.74, 6) is 0.995. The van der Waals surface area contributed by atoms with Crippen molar-refractivity contribution in [3.63, 3.8) is 0 Å². The van der Waals surface area contributed by atoms with E-state index in [0.717, 1.165) is 16.9 Å². The van der Waals surface area contributed by atoms with E-state index in [4.69, 9.17) is 9.47 Å². The van der Waals surface area contributed by atoms with Crippen molar-refractivity contribution in [2.24, 2.45) is 0 Å². The van der Waals surface area contributed by atoms with Gasteiger partial charge in [-0.1, -0.05) is 30.3 Å². The van der Waals surface area contributed by atoms with Crippen LogP contribution in [-0.4, -0.2) is 29.6 Å². The fraction of sp³-hybridized carbons (Fsp3) is 0.0909. The average molecular weight is 388 g/mol. The van der Waals surface area contributed by atoms with E-state index in [9.17, 15) is 4.79 Å². The molecule has 0 aliphatic heterocycles. The smallest absolute Gasteiger partial charge is 0.323 e. The SMILES string of the molecule is COc1cccc(NC(=O)Nc2ccccc2-c2cn3ccccc3n2)c1OC. The Labute approximate surface area is 167 Å². The van der Waals surface area contributed by atoms with Gasteiger partial charge in [-0.15, -0.1) is 0 Å². The predicted molar refractivity (Wildman–Crippen MR) is 113 cm³/mol. The van der Waals surface area contributed by atoms with Gasteiger partial charge in [-0.25, -0.2) is 9.78 Å². The van der Waals surface area contributed by atoms with Crippen LogP contribution in [0.2, 0.25) is 0 Å². The Morgan fingerprint density at radius 1 is 0.897 bits per heavy atom. The molecular formula is C22H20N4O3. The van der Waals surface area contributed by atoms with E-state index in [-0.39, 0.29) is 0 Å². The number of rotatable bonds is 5. The third-order valence-electron chi connectivity index (χ3n) is 4.47. The maximum atomic E-state index is 12.7. The first kappa shape index (κ1) is 18.4. The lowest BCUT2D eigenvalue weighted by molar-refractivity contribution is 0.262. The van der Waals surface area contributed by atoms with Gasteiger partial charge in [0, 0.05) is 18.0 Å². The fourth-order valence-corrected chi connectivity index (χ4v) is 3.14. The number of hydrogen-bond acceptors (Lipinski definition) is 4. The molecular weight excluding hydrogens is 368 g/mol. The van der Waals surface area contributed by atoms with Crippen molar-refractivity contribution in [2.45, 2.75) is 0 Å². The highest BCUT2D eigenvalue weighted by atomic mass is 16.5. The number of urea groups is 1. The van der Waals surface area contributed by atoms with Crippen LogP contribution in [0.5, 0.6) is 11.5 Å². The quantitative estimate of drug-likeness (QED) is 0.521. The number of imidazole rings is 1. The minimum absolute atomic E-state index is 0.396. The standard InChI is InChI=1S/C22H20N4O3/c1-28-19-11-7-10-17(21(19)29-2)25-22(27)24-16-9-4-3-8-15(16)18-14-26-13-6-5-12-20(26)23-18/h3-14H,1-2H3,(H2,24,25,27). The van der Waals surface area contributed by atoms with Gasteiger partial charge in [0.05, 0.1) is 31.3 Å². The molecule has 0 saturated heterocycles. The van der Waals surface area contributed by atoms with E-state index in [0.29, 0.717) is 22.9 Å². The molecule has 0 radical (unpaired) electrons. The molecule has 0 aliphatic carbocycles. The van der Waals surface area contributed by atoms with E-state index < -0.39 is 6.03 Å². The van der Waals surface area contributed by atoms with Crippen molar-refractivity contribution >= 4 is 23.1 Å². The molecule has 4 aromatic rings. The number of para-hydroxylation sites is 2. The van der Waals surface area contributed by atoms with Crippen molar-refractivity contribution in [2.75, 3.05) is 24.9 Å². The lowest BCUT2D eigenvalue weighted by atomic mass is 10.1. The van der Waals surface area contributed by atoms with Crippen molar-refractivity contribution in [1.29, 1.82) is 0 Å². The zero-order valence-corrected chi connectivity index (χ0v) is 16.0. The van der Waals surface area contributed by atoms with Crippen LogP contribution in [-0.2, 0) is 0 Å². The maximum Gasteiger partial charge on any atom is 0.323 e. The molecule has 7 heteroatoms. The average Bonchev–Trinajstić information content (AvgIpc) is 3.18. The summed E-state index contributed by atoms with van der Waals surface area (Å²) in [5.41, 5.74) is 3.59. The number of nitrogens with zero attached hydrogens (tertiary/aromatic N) is 2. The number of carbonyl (C=O) groups is 1. The number of anilines is 2. The van der Waals surface area contributed by atoms with Crippen LogP contribution in [0, 0.1) is 0 Å². The summed E-state index contributed by atoms with van der Waals surface area (Å²) in [6.07, 6.45) is 3.86. The lowest BCUT2D eigenvalue weighted by Crippen LogP contribution is -2.20. The molecule has 2 heterocycles. The van der Waals surface area contributed by atoms with Gasteiger partial charge >= 0.3 is 6.03 Å². The number of nitrogens with one attached hydrogen (secondary N) is 2. The van der Waals surface area contributed by atoms with Crippen LogP contribution in [0.4, 0.5) is 16.2 Å². The van der Waals surface area contributed by atoms with Crippen molar-refractivity contribution in [1.82, 2.24) is 9.38 Å². The molecule has 2 aromatic carbocycles. The molecule has 0 saturated carbocycles. The minimum Gasteiger partial charge on any atom is -0.493 e. The number of pyridine rings is 1. The van der Waals surface area contributed by atoms with E-state index in [1.165, 1.54) is 7.11 Å². The minimum atomic E-state index is -0.396. The number of benzene rings is 2. The first-order valence-corrected chi connectivity index (χ1v) is 9.01. The Morgan fingerprint density at radius 3 is 2.45 bits per heavy atom. The summed E-state index contributed by atoms with van der Waals surface area (Å²) >= 11 is 0. The second-order valence-electron chi connectivity index (χ2n) is 6.26. The number of amides is 2. The van der Waals surface area contributed by atoms with E-state index in [1.807, 2.05) is 59.3 Å². The summed E-state index contributed by atoms with van der Waals surface area (Å²) in [4.78, 5) is 17.3. The molecule has 2 amide bonds. The first-order valence-electron chi connectivity index (χ1n) is 9.01. The van der Waals surface area contributed by atoms with Gasteiger partial charge < -0.3 is 24.5 Å². The van der Waals surface area contributed by atoms with Gasteiger partial charge in [-0.05, 0) is 30.3 Å². The van der Waals surface area contributed by atoms with Crippen LogP contribution in [0.25, 0.3) is 16.9 Å². The normalized spacial score (nSPS) is 10.6. The molecule has 0 aliphatic rings. The van der Waals surface area contributed by atoms with E-state index in [1.54, 1.807) is 25.3 Å². The summed E-state index contributed by atoms with van der Waals surface area (Å²) in [6, 6.07) is 18.2. The van der Waals surface area contributed by atoms with Crippen LogP contribution in [0.1, 0.15) is 0 Å². The highest BCUT2D eigenvalue weighted by Gasteiger charge is 2.14. The van der Waals surface area contributed by atoms with Crippen molar-refractivity contribution in [3.05, 3.63) is 73.1 Å². The van der Waals surface area contributed by atoms with Crippen LogP contribution >= 0.6 is 0 Å². The number of aromatic nitrogens is 2. The van der Waals surface area contributed by atoms with Gasteiger partial charge in [-0.3, -0.25) is 0 Å². The zero-order valence-electron chi connectivity index (χ0n) is 16.0. The van der Waals surface area contributed by atoms with Crippen molar-refractivity contribution < 1.29 is 14.3 Å². The number of hydrogen-bond donors (Lipinski definition) is 2. The van der Waals surface area contributed by atoms with Gasteiger partial charge in [0.2, 0.25) is 0 Å². The molecule has 7 nitrogen and oxygen atoms in total. The van der Waals surface area contributed by atoms with Crippen LogP contribution < -0.4 is 20.1 Å². The summed E-state index contributed by atoms with van der Waals surface area (Å²) in [6.45, 7) is 0. The summed E-state index contributed by atoms with van der Waals surface area (Å²) < 4.78 is 12.6. The van der Waals surface area contributed by atoms with E-state index in [2.05, 4.69) is 15.6 Å².